The Balaban J connectivity index is 1.11. The molecule has 0 aliphatic heterocycles. The predicted octanol–water partition coefficient (Wildman–Crippen LogP) is 14.2. The Morgan fingerprint density at radius 1 is 0.481 bits per heavy atom. The van der Waals surface area contributed by atoms with Crippen LogP contribution < -0.4 is 0 Å². The summed E-state index contributed by atoms with van der Waals surface area (Å²) in [4.78, 5) is 0. The molecular formula is C51H36S. The van der Waals surface area contributed by atoms with Crippen molar-refractivity contribution in [3.05, 3.63) is 157 Å². The average molecular weight is 681 g/mol. The number of hydrogen-bond donors (Lipinski definition) is 0. The third-order valence-corrected chi connectivity index (χ3v) is 15.4. The summed E-state index contributed by atoms with van der Waals surface area (Å²) in [6.45, 7) is 0. The summed E-state index contributed by atoms with van der Waals surface area (Å²) in [5, 5.41) is 10.9. The topological polar surface area (TPSA) is 0 Å². The van der Waals surface area contributed by atoms with Crippen LogP contribution in [0.15, 0.2) is 146 Å². The quantitative estimate of drug-likeness (QED) is 0.159. The van der Waals surface area contributed by atoms with Gasteiger partial charge in [0.05, 0.1) is 0 Å². The second-order valence-electron chi connectivity index (χ2n) is 16.3. The van der Waals surface area contributed by atoms with Crippen molar-refractivity contribution >= 4 is 63.8 Å². The van der Waals surface area contributed by atoms with Gasteiger partial charge in [-0.2, -0.15) is 0 Å². The molecule has 5 atom stereocenters. The van der Waals surface area contributed by atoms with Crippen LogP contribution in [0.5, 0.6) is 0 Å². The Morgan fingerprint density at radius 2 is 1.17 bits per heavy atom. The molecule has 246 valence electrons. The molecule has 4 bridgehead atoms. The molecule has 8 aromatic carbocycles. The van der Waals surface area contributed by atoms with Crippen LogP contribution in [0.2, 0.25) is 0 Å². The van der Waals surface area contributed by atoms with Gasteiger partial charge >= 0.3 is 0 Å². The van der Waals surface area contributed by atoms with E-state index in [-0.39, 0.29) is 5.41 Å². The highest BCUT2D eigenvalue weighted by Crippen LogP contribution is 2.73. The van der Waals surface area contributed by atoms with Gasteiger partial charge in [-0.1, -0.05) is 127 Å². The Bertz CT molecular complexity index is 2950. The van der Waals surface area contributed by atoms with Crippen molar-refractivity contribution in [1.82, 2.24) is 0 Å². The molecule has 5 aliphatic rings. The molecule has 1 spiro atoms. The van der Waals surface area contributed by atoms with E-state index < -0.39 is 0 Å². The first-order chi connectivity index (χ1) is 25.8. The number of thiophene rings is 1. The van der Waals surface area contributed by atoms with Crippen LogP contribution in [0.3, 0.4) is 0 Å². The van der Waals surface area contributed by atoms with Crippen LogP contribution >= 0.6 is 11.3 Å². The minimum Gasteiger partial charge on any atom is -0.135 e. The zero-order chi connectivity index (χ0) is 33.7. The number of hydrogen-bond acceptors (Lipinski definition) is 1. The number of fused-ring (bicyclic) bond motifs is 10. The molecule has 5 unspecified atom stereocenters. The first-order valence-corrected chi connectivity index (χ1v) is 20.1. The zero-order valence-corrected chi connectivity index (χ0v) is 29.7. The second kappa shape index (κ2) is 10.00. The predicted molar refractivity (Wildman–Crippen MR) is 221 cm³/mol. The fraction of sp³-hybridized carbons (Fsp3) is 0.176. The average Bonchev–Trinajstić information content (AvgIpc) is 3.88. The highest BCUT2D eigenvalue weighted by Gasteiger charge is 2.66. The molecule has 52 heavy (non-hydrogen) atoms. The van der Waals surface area contributed by atoms with E-state index in [2.05, 4.69) is 146 Å². The van der Waals surface area contributed by atoms with E-state index in [9.17, 15) is 0 Å². The SMILES string of the molecule is c1ccc2c3c(ccc2c1)-c1cc(-c2c4ccccc4c(-c4cccc5sc6ccccc6c45)c4ccccc24)ccc1C31C2CC3CC(C2)C1C3. The Hall–Kier alpha value is -5.24. The minimum atomic E-state index is 0.151. The van der Waals surface area contributed by atoms with Crippen LogP contribution in [0.1, 0.15) is 36.8 Å². The highest BCUT2D eigenvalue weighted by molar-refractivity contribution is 7.25. The third-order valence-electron chi connectivity index (χ3n) is 14.2. The Morgan fingerprint density at radius 3 is 1.96 bits per heavy atom. The van der Waals surface area contributed by atoms with E-state index in [4.69, 9.17) is 0 Å². The molecular weight excluding hydrogens is 645 g/mol. The van der Waals surface area contributed by atoms with Crippen molar-refractivity contribution < 1.29 is 0 Å². The summed E-state index contributed by atoms with van der Waals surface area (Å²) in [7, 11) is 0. The molecule has 9 aromatic rings. The molecule has 14 rings (SSSR count). The lowest BCUT2D eigenvalue weighted by atomic mass is 9.59. The lowest BCUT2D eigenvalue weighted by Gasteiger charge is -2.44. The van der Waals surface area contributed by atoms with Crippen molar-refractivity contribution in [3.8, 4) is 33.4 Å². The largest absolute Gasteiger partial charge is 0.135 e. The molecule has 1 heteroatoms. The van der Waals surface area contributed by atoms with Crippen LogP contribution in [0.4, 0.5) is 0 Å². The van der Waals surface area contributed by atoms with Gasteiger partial charge < -0.3 is 0 Å². The zero-order valence-electron chi connectivity index (χ0n) is 28.9. The highest BCUT2D eigenvalue weighted by atomic mass is 32.1. The summed E-state index contributed by atoms with van der Waals surface area (Å²) >= 11 is 1.90. The maximum atomic E-state index is 2.61. The van der Waals surface area contributed by atoms with E-state index in [0.29, 0.717) is 0 Å². The lowest BCUT2D eigenvalue weighted by molar-refractivity contribution is 0.192. The van der Waals surface area contributed by atoms with Crippen LogP contribution in [-0.4, -0.2) is 0 Å². The van der Waals surface area contributed by atoms with E-state index in [1.54, 1.807) is 11.1 Å². The van der Waals surface area contributed by atoms with Gasteiger partial charge in [-0.15, -0.1) is 11.3 Å². The minimum absolute atomic E-state index is 0.151. The maximum absolute atomic E-state index is 2.61. The fourth-order valence-electron chi connectivity index (χ4n) is 12.7. The van der Waals surface area contributed by atoms with Gasteiger partial charge in [0, 0.05) is 25.6 Å². The summed E-state index contributed by atoms with van der Waals surface area (Å²) in [6, 6.07) is 56.1. The van der Waals surface area contributed by atoms with E-state index in [1.807, 2.05) is 11.3 Å². The maximum Gasteiger partial charge on any atom is 0.0361 e. The van der Waals surface area contributed by atoms with Crippen molar-refractivity contribution in [2.24, 2.45) is 23.7 Å². The number of benzene rings is 8. The van der Waals surface area contributed by atoms with Crippen molar-refractivity contribution in [3.63, 3.8) is 0 Å². The van der Waals surface area contributed by atoms with E-state index in [1.165, 1.54) is 112 Å². The third kappa shape index (κ3) is 3.40. The fourth-order valence-corrected chi connectivity index (χ4v) is 13.8. The van der Waals surface area contributed by atoms with Gasteiger partial charge in [-0.05, 0) is 144 Å². The van der Waals surface area contributed by atoms with Crippen LogP contribution in [-0.2, 0) is 5.41 Å². The van der Waals surface area contributed by atoms with E-state index in [0.717, 1.165) is 23.7 Å². The molecule has 5 aliphatic carbocycles. The Kier molecular flexibility index (Phi) is 5.45. The molecule has 1 aromatic heterocycles. The number of rotatable bonds is 2. The van der Waals surface area contributed by atoms with Gasteiger partial charge in [0.25, 0.3) is 0 Å². The standard InChI is InChI=1S/C51H36S/c1-2-11-34-30(10-1)20-22-39-42-28-31(21-23-43(42)51(50(34)39)33-25-29-24-32(27-33)44(51)26-29)47-35-12-3-5-14-37(35)48(38-15-6-4-13-36(38)47)41-17-9-19-46-49(41)40-16-7-8-18-45(40)52-46/h1-23,28-29,32-33,44H,24-27H2. The molecule has 1 heterocycles. The molecule has 0 amide bonds. The molecule has 0 saturated heterocycles. The molecule has 0 nitrogen and oxygen atoms in total. The normalized spacial score (nSPS) is 23.9. The van der Waals surface area contributed by atoms with E-state index >= 15 is 0 Å². The Labute approximate surface area is 307 Å². The van der Waals surface area contributed by atoms with Crippen molar-refractivity contribution in [2.75, 3.05) is 0 Å². The molecule has 0 radical (unpaired) electrons. The monoisotopic (exact) mass is 680 g/mol. The van der Waals surface area contributed by atoms with Crippen molar-refractivity contribution in [2.45, 2.75) is 31.1 Å². The summed E-state index contributed by atoms with van der Waals surface area (Å²) in [5.74, 6) is 3.34. The summed E-state index contributed by atoms with van der Waals surface area (Å²) < 4.78 is 2.70. The summed E-state index contributed by atoms with van der Waals surface area (Å²) in [6.07, 6.45) is 5.68. The van der Waals surface area contributed by atoms with Gasteiger partial charge in [0.15, 0.2) is 0 Å². The first-order valence-electron chi connectivity index (χ1n) is 19.3. The first kappa shape index (κ1) is 28.4. The summed E-state index contributed by atoms with van der Waals surface area (Å²) in [5.41, 5.74) is 11.8. The lowest BCUT2D eigenvalue weighted by Crippen LogP contribution is -2.40. The van der Waals surface area contributed by atoms with Gasteiger partial charge in [0.2, 0.25) is 0 Å². The molecule has 4 fully saturated rings. The smallest absolute Gasteiger partial charge is 0.0361 e. The van der Waals surface area contributed by atoms with Gasteiger partial charge in [-0.3, -0.25) is 0 Å². The second-order valence-corrected chi connectivity index (χ2v) is 17.4. The van der Waals surface area contributed by atoms with Gasteiger partial charge in [-0.25, -0.2) is 0 Å². The van der Waals surface area contributed by atoms with Crippen LogP contribution in [0, 0.1) is 23.7 Å². The molecule has 4 saturated carbocycles. The van der Waals surface area contributed by atoms with Crippen LogP contribution in [0.25, 0.3) is 85.9 Å². The molecule has 0 N–H and O–H groups in total. The van der Waals surface area contributed by atoms with Crippen molar-refractivity contribution in [1.29, 1.82) is 0 Å². The van der Waals surface area contributed by atoms with Gasteiger partial charge in [0.1, 0.15) is 0 Å².